The Balaban J connectivity index is 1.98. The van der Waals surface area contributed by atoms with Crippen molar-refractivity contribution in [3.05, 3.63) is 29.8 Å². The van der Waals surface area contributed by atoms with Crippen LogP contribution in [0.25, 0.3) is 0 Å². The highest BCUT2D eigenvalue weighted by atomic mass is 19.4. The molecule has 1 aliphatic heterocycles. The zero-order valence-electron chi connectivity index (χ0n) is 11.7. The Hall–Kier alpha value is -2.25. The van der Waals surface area contributed by atoms with Gasteiger partial charge in [-0.05, 0) is 31.0 Å². The lowest BCUT2D eigenvalue weighted by Crippen LogP contribution is -2.45. The third-order valence-corrected chi connectivity index (χ3v) is 3.54. The summed E-state index contributed by atoms with van der Waals surface area (Å²) in [7, 11) is 0. The van der Waals surface area contributed by atoms with Crippen molar-refractivity contribution in [1.29, 1.82) is 0 Å². The number of carbonyl (C=O) groups is 2. The lowest BCUT2D eigenvalue weighted by Gasteiger charge is -2.22. The number of nitrogens with one attached hydrogen (secondary N) is 1. The van der Waals surface area contributed by atoms with Crippen LogP contribution in [-0.4, -0.2) is 35.8 Å². The molecule has 0 unspecified atom stereocenters. The average Bonchev–Trinajstić information content (AvgIpc) is 2.94. The quantitative estimate of drug-likeness (QED) is 0.886. The summed E-state index contributed by atoms with van der Waals surface area (Å²) in [6, 6.07) is 3.96. The van der Waals surface area contributed by atoms with Crippen molar-refractivity contribution in [2.75, 3.05) is 18.4 Å². The molecular weight excluding hydrogens is 299 g/mol. The molecule has 0 bridgehead atoms. The van der Waals surface area contributed by atoms with E-state index in [4.69, 9.17) is 5.73 Å². The van der Waals surface area contributed by atoms with Crippen LogP contribution in [0.4, 0.5) is 18.9 Å². The number of amides is 2. The first kappa shape index (κ1) is 16.1. The van der Waals surface area contributed by atoms with Crippen molar-refractivity contribution in [1.82, 2.24) is 4.90 Å². The van der Waals surface area contributed by atoms with E-state index in [1.807, 2.05) is 0 Å². The van der Waals surface area contributed by atoms with E-state index in [0.29, 0.717) is 19.4 Å². The molecule has 0 aliphatic carbocycles. The molecule has 1 aromatic carbocycles. The van der Waals surface area contributed by atoms with Crippen molar-refractivity contribution in [3.63, 3.8) is 0 Å². The summed E-state index contributed by atoms with van der Waals surface area (Å²) in [6.07, 6.45) is -3.23. The molecule has 0 radical (unpaired) electrons. The number of halogens is 3. The van der Waals surface area contributed by atoms with Gasteiger partial charge in [0.25, 0.3) is 0 Å². The van der Waals surface area contributed by atoms with Crippen molar-refractivity contribution < 1.29 is 22.8 Å². The van der Waals surface area contributed by atoms with E-state index < -0.39 is 23.7 Å². The number of primary amides is 1. The monoisotopic (exact) mass is 315 g/mol. The molecule has 2 amide bonds. The Labute approximate surface area is 125 Å². The van der Waals surface area contributed by atoms with Crippen LogP contribution in [-0.2, 0) is 15.8 Å². The summed E-state index contributed by atoms with van der Waals surface area (Å²) in [4.78, 5) is 24.6. The fourth-order valence-corrected chi connectivity index (χ4v) is 2.45. The number of alkyl halides is 3. The first-order valence-electron chi connectivity index (χ1n) is 6.79. The topological polar surface area (TPSA) is 75.4 Å². The normalized spacial score (nSPS) is 18.3. The fraction of sp³-hybridized carbons (Fsp3) is 0.429. The molecule has 1 atom stereocenters. The van der Waals surface area contributed by atoms with Crippen LogP contribution in [0.5, 0.6) is 0 Å². The first-order valence-corrected chi connectivity index (χ1v) is 6.79. The summed E-state index contributed by atoms with van der Waals surface area (Å²) in [5.41, 5.74) is 4.62. The number of benzene rings is 1. The Morgan fingerprint density at radius 3 is 2.73 bits per heavy atom. The maximum Gasteiger partial charge on any atom is 0.416 e. The van der Waals surface area contributed by atoms with Crippen molar-refractivity contribution >= 4 is 17.5 Å². The minimum Gasteiger partial charge on any atom is -0.376 e. The van der Waals surface area contributed by atoms with Crippen LogP contribution in [0.15, 0.2) is 24.3 Å². The molecule has 3 N–H and O–H groups in total. The second-order valence-electron chi connectivity index (χ2n) is 5.08. The average molecular weight is 315 g/mol. The molecule has 0 saturated carbocycles. The molecule has 1 heterocycles. The van der Waals surface area contributed by atoms with E-state index in [1.165, 1.54) is 17.0 Å². The van der Waals surface area contributed by atoms with Crippen LogP contribution < -0.4 is 11.1 Å². The van der Waals surface area contributed by atoms with Gasteiger partial charge in [-0.15, -0.1) is 0 Å². The number of rotatable bonds is 4. The Bertz CT molecular complexity index is 575. The molecule has 1 aliphatic rings. The van der Waals surface area contributed by atoms with Gasteiger partial charge < -0.3 is 16.0 Å². The number of likely N-dealkylation sites (tertiary alicyclic amines) is 1. The predicted molar refractivity (Wildman–Crippen MR) is 73.9 cm³/mol. The lowest BCUT2D eigenvalue weighted by molar-refractivity contribution is -0.137. The molecule has 22 heavy (non-hydrogen) atoms. The highest BCUT2D eigenvalue weighted by Crippen LogP contribution is 2.30. The second kappa shape index (κ2) is 6.25. The number of hydrogen-bond acceptors (Lipinski definition) is 3. The number of carbonyl (C=O) groups excluding carboxylic acids is 2. The van der Waals surface area contributed by atoms with Gasteiger partial charge in [-0.3, -0.25) is 9.59 Å². The minimum atomic E-state index is -4.44. The summed E-state index contributed by atoms with van der Waals surface area (Å²) in [6.45, 7) is 0.238. The van der Waals surface area contributed by atoms with E-state index in [9.17, 15) is 22.8 Å². The van der Waals surface area contributed by atoms with Gasteiger partial charge in [-0.2, -0.15) is 13.2 Å². The van der Waals surface area contributed by atoms with Gasteiger partial charge in [0.1, 0.15) is 6.04 Å². The summed E-state index contributed by atoms with van der Waals surface area (Å²) in [5, 5.41) is 2.65. The van der Waals surface area contributed by atoms with Gasteiger partial charge in [0.05, 0.1) is 12.1 Å². The zero-order chi connectivity index (χ0) is 16.3. The van der Waals surface area contributed by atoms with E-state index in [1.54, 1.807) is 0 Å². The number of nitrogens with zero attached hydrogens (tertiary/aromatic N) is 1. The number of nitrogens with two attached hydrogens (primary N) is 1. The summed E-state index contributed by atoms with van der Waals surface area (Å²) >= 11 is 0. The van der Waals surface area contributed by atoms with Gasteiger partial charge in [-0.1, -0.05) is 6.07 Å². The molecule has 1 saturated heterocycles. The maximum absolute atomic E-state index is 12.6. The summed E-state index contributed by atoms with van der Waals surface area (Å²) in [5.74, 6) is -0.927. The molecular formula is C14H16F3N3O2. The molecule has 0 spiro atoms. The lowest BCUT2D eigenvalue weighted by atomic mass is 10.2. The molecule has 0 aromatic heterocycles. The van der Waals surface area contributed by atoms with Crippen LogP contribution in [0.2, 0.25) is 0 Å². The minimum absolute atomic E-state index is 0.189. The van der Waals surface area contributed by atoms with E-state index in [-0.39, 0.29) is 18.1 Å². The van der Waals surface area contributed by atoms with Gasteiger partial charge in [-0.25, -0.2) is 0 Å². The van der Waals surface area contributed by atoms with Crippen molar-refractivity contribution in [3.8, 4) is 0 Å². The van der Waals surface area contributed by atoms with Gasteiger partial charge in [0.15, 0.2) is 0 Å². The molecule has 8 heteroatoms. The van der Waals surface area contributed by atoms with E-state index in [2.05, 4.69) is 5.32 Å². The molecule has 5 nitrogen and oxygen atoms in total. The molecule has 2 rings (SSSR count). The zero-order valence-corrected chi connectivity index (χ0v) is 11.7. The van der Waals surface area contributed by atoms with Crippen LogP contribution in [0.1, 0.15) is 18.4 Å². The molecule has 120 valence electrons. The maximum atomic E-state index is 12.6. The SMILES string of the molecule is NC(=O)[C@@H]1CCCN1C(=O)CNc1cccc(C(F)(F)F)c1. The van der Waals surface area contributed by atoms with E-state index >= 15 is 0 Å². The standard InChI is InChI=1S/C14H16F3N3O2/c15-14(16,17)9-3-1-4-10(7-9)19-8-12(21)20-6-2-5-11(20)13(18)22/h1,3-4,7,11,19H,2,5-6,8H2,(H2,18,22)/t11-/m0/s1. The smallest absolute Gasteiger partial charge is 0.376 e. The van der Waals surface area contributed by atoms with Crippen LogP contribution >= 0.6 is 0 Å². The largest absolute Gasteiger partial charge is 0.416 e. The molecule has 1 fully saturated rings. The Morgan fingerprint density at radius 1 is 1.36 bits per heavy atom. The predicted octanol–water partition coefficient (Wildman–Crippen LogP) is 1.59. The second-order valence-corrected chi connectivity index (χ2v) is 5.08. The molecule has 1 aromatic rings. The van der Waals surface area contributed by atoms with Crippen LogP contribution in [0, 0.1) is 0 Å². The van der Waals surface area contributed by atoms with Gasteiger partial charge in [0.2, 0.25) is 11.8 Å². The summed E-state index contributed by atoms with van der Waals surface area (Å²) < 4.78 is 37.8. The number of hydrogen-bond donors (Lipinski definition) is 2. The van der Waals surface area contributed by atoms with Crippen LogP contribution in [0.3, 0.4) is 0 Å². The third kappa shape index (κ3) is 3.69. The highest BCUT2D eigenvalue weighted by Gasteiger charge is 2.33. The fourth-order valence-electron chi connectivity index (χ4n) is 2.45. The van der Waals surface area contributed by atoms with E-state index in [0.717, 1.165) is 12.1 Å². The number of anilines is 1. The Morgan fingerprint density at radius 2 is 2.09 bits per heavy atom. The van der Waals surface area contributed by atoms with Gasteiger partial charge >= 0.3 is 6.18 Å². The third-order valence-electron chi connectivity index (χ3n) is 3.54. The van der Waals surface area contributed by atoms with Gasteiger partial charge in [0, 0.05) is 12.2 Å². The first-order chi connectivity index (χ1) is 10.3. The van der Waals surface area contributed by atoms with Crippen molar-refractivity contribution in [2.45, 2.75) is 25.1 Å². The van der Waals surface area contributed by atoms with Crippen molar-refractivity contribution in [2.24, 2.45) is 5.73 Å². The highest BCUT2D eigenvalue weighted by molar-refractivity contribution is 5.89. The Kier molecular flexibility index (Phi) is 4.58.